The fourth-order valence-electron chi connectivity index (χ4n) is 8.17. The summed E-state index contributed by atoms with van der Waals surface area (Å²) in [6.07, 6.45) is 3.69. The molecule has 2 heterocycles. The largest absolute Gasteiger partial charge is 0.264 e. The molecule has 0 bridgehead atoms. The number of fused-ring (bicyclic) bond motifs is 5. The maximum atomic E-state index is 5.24. The fraction of sp³-hybridized carbons (Fsp3) is 0.0600. The van der Waals surface area contributed by atoms with Gasteiger partial charge in [0.2, 0.25) is 0 Å². The SMILES string of the molecule is CC1(C)c2cc(-c3ccc(-c4nc(-c5ccccc5)cc(-c5ccc(-c6cccnc6)cc5)n4)c4ccccc34)ccc2-c2cc3ccccc3cc21. The Labute approximate surface area is 309 Å². The van der Waals surface area contributed by atoms with Crippen LogP contribution in [0.1, 0.15) is 25.0 Å². The third-order valence-electron chi connectivity index (χ3n) is 11.0. The van der Waals surface area contributed by atoms with Crippen LogP contribution >= 0.6 is 0 Å². The van der Waals surface area contributed by atoms with E-state index in [9.17, 15) is 0 Å². The first-order chi connectivity index (χ1) is 26.0. The van der Waals surface area contributed by atoms with Gasteiger partial charge in [-0.2, -0.15) is 0 Å². The zero-order chi connectivity index (χ0) is 35.5. The molecular weight excluding hydrogens is 643 g/mol. The maximum Gasteiger partial charge on any atom is 0.161 e. The summed E-state index contributed by atoms with van der Waals surface area (Å²) in [5, 5.41) is 4.88. The highest BCUT2D eigenvalue weighted by Crippen LogP contribution is 2.51. The highest BCUT2D eigenvalue weighted by atomic mass is 14.9. The van der Waals surface area contributed by atoms with Crippen LogP contribution in [0.5, 0.6) is 0 Å². The summed E-state index contributed by atoms with van der Waals surface area (Å²) in [7, 11) is 0. The number of rotatable bonds is 5. The molecule has 2 aromatic heterocycles. The first-order valence-electron chi connectivity index (χ1n) is 18.2. The van der Waals surface area contributed by atoms with Gasteiger partial charge in [0, 0.05) is 34.5 Å². The predicted octanol–water partition coefficient (Wildman–Crippen LogP) is 12.8. The number of hydrogen-bond acceptors (Lipinski definition) is 3. The number of hydrogen-bond donors (Lipinski definition) is 0. The third kappa shape index (κ3) is 5.24. The summed E-state index contributed by atoms with van der Waals surface area (Å²) in [6.45, 7) is 4.72. The number of pyridine rings is 1. The predicted molar refractivity (Wildman–Crippen MR) is 220 cm³/mol. The lowest BCUT2D eigenvalue weighted by atomic mass is 9.81. The second-order valence-electron chi connectivity index (χ2n) is 14.5. The topological polar surface area (TPSA) is 38.7 Å². The second-order valence-corrected chi connectivity index (χ2v) is 14.5. The van der Waals surface area contributed by atoms with Crippen molar-refractivity contribution < 1.29 is 0 Å². The van der Waals surface area contributed by atoms with Crippen LogP contribution in [0.4, 0.5) is 0 Å². The van der Waals surface area contributed by atoms with Crippen molar-refractivity contribution in [1.29, 1.82) is 0 Å². The Morgan fingerprint density at radius 3 is 1.70 bits per heavy atom. The highest BCUT2D eigenvalue weighted by molar-refractivity contribution is 6.05. The summed E-state index contributed by atoms with van der Waals surface area (Å²) < 4.78 is 0. The molecule has 0 fully saturated rings. The number of nitrogens with zero attached hydrogens (tertiary/aromatic N) is 3. The van der Waals surface area contributed by atoms with Crippen LogP contribution in [0.15, 0.2) is 176 Å². The minimum absolute atomic E-state index is 0.112. The summed E-state index contributed by atoms with van der Waals surface area (Å²) in [4.78, 5) is 14.8. The zero-order valence-electron chi connectivity index (χ0n) is 29.6. The fourth-order valence-corrected chi connectivity index (χ4v) is 8.17. The van der Waals surface area contributed by atoms with E-state index in [0.29, 0.717) is 5.82 Å². The Kier molecular flexibility index (Phi) is 7.16. The van der Waals surface area contributed by atoms with Gasteiger partial charge < -0.3 is 0 Å². The minimum Gasteiger partial charge on any atom is -0.264 e. The van der Waals surface area contributed by atoms with E-state index in [2.05, 4.69) is 170 Å². The summed E-state index contributed by atoms with van der Waals surface area (Å²) in [5.74, 6) is 0.707. The van der Waals surface area contributed by atoms with Crippen molar-refractivity contribution in [3.8, 4) is 67.3 Å². The quantitative estimate of drug-likeness (QED) is 0.182. The lowest BCUT2D eigenvalue weighted by molar-refractivity contribution is 0.661. The van der Waals surface area contributed by atoms with Gasteiger partial charge in [0.05, 0.1) is 11.4 Å². The van der Waals surface area contributed by atoms with E-state index in [1.54, 1.807) is 6.20 Å². The normalized spacial score (nSPS) is 12.9. The van der Waals surface area contributed by atoms with Gasteiger partial charge in [0.15, 0.2) is 5.82 Å². The van der Waals surface area contributed by atoms with Crippen LogP contribution in [-0.2, 0) is 5.41 Å². The van der Waals surface area contributed by atoms with Gasteiger partial charge in [-0.1, -0.05) is 141 Å². The van der Waals surface area contributed by atoms with Gasteiger partial charge in [-0.15, -0.1) is 0 Å². The van der Waals surface area contributed by atoms with Gasteiger partial charge in [0.1, 0.15) is 0 Å². The molecule has 53 heavy (non-hydrogen) atoms. The zero-order valence-corrected chi connectivity index (χ0v) is 29.6. The monoisotopic (exact) mass is 677 g/mol. The van der Waals surface area contributed by atoms with E-state index in [0.717, 1.165) is 44.6 Å². The molecule has 1 aliphatic rings. The molecule has 0 saturated heterocycles. The van der Waals surface area contributed by atoms with Crippen LogP contribution in [0.2, 0.25) is 0 Å². The average molecular weight is 678 g/mol. The molecule has 7 aromatic carbocycles. The van der Waals surface area contributed by atoms with Crippen molar-refractivity contribution in [2.75, 3.05) is 0 Å². The molecule has 0 N–H and O–H groups in total. The standard InChI is InChI=1S/C50H35N3/c1-50(2)45-29-37(22-23-42(45)44-27-35-13-6-7-14-36(35)28-46(44)50)39-24-25-43(41-17-9-8-16-40(39)41)49-52-47(33-11-4-3-5-12-33)30-48(53-49)34-20-18-32(19-21-34)38-15-10-26-51-31-38/h3-31H,1-2H3. The Morgan fingerprint density at radius 2 is 0.962 bits per heavy atom. The van der Waals surface area contributed by atoms with Crippen molar-refractivity contribution in [3.05, 3.63) is 187 Å². The van der Waals surface area contributed by atoms with Crippen molar-refractivity contribution in [2.45, 2.75) is 19.3 Å². The molecule has 0 radical (unpaired) electrons. The van der Waals surface area contributed by atoms with E-state index in [1.807, 2.05) is 18.3 Å². The molecule has 0 amide bonds. The number of aromatic nitrogens is 3. The maximum absolute atomic E-state index is 5.24. The lowest BCUT2D eigenvalue weighted by Crippen LogP contribution is -2.15. The van der Waals surface area contributed by atoms with Crippen molar-refractivity contribution in [2.24, 2.45) is 0 Å². The van der Waals surface area contributed by atoms with Crippen LogP contribution in [0.25, 0.3) is 88.8 Å². The second kappa shape index (κ2) is 12.2. The van der Waals surface area contributed by atoms with Crippen molar-refractivity contribution >= 4 is 21.5 Å². The third-order valence-corrected chi connectivity index (χ3v) is 11.0. The Hall–Kier alpha value is -6.71. The van der Waals surface area contributed by atoms with Crippen molar-refractivity contribution in [1.82, 2.24) is 15.0 Å². The van der Waals surface area contributed by atoms with Gasteiger partial charge in [-0.25, -0.2) is 9.97 Å². The molecule has 250 valence electrons. The van der Waals surface area contributed by atoms with Gasteiger partial charge in [-0.05, 0) is 102 Å². The Balaban J connectivity index is 1.10. The van der Waals surface area contributed by atoms with Gasteiger partial charge in [-0.3, -0.25) is 4.98 Å². The first kappa shape index (κ1) is 31.1. The molecule has 3 heteroatoms. The summed E-state index contributed by atoms with van der Waals surface area (Å²) >= 11 is 0. The van der Waals surface area contributed by atoms with Crippen molar-refractivity contribution in [3.63, 3.8) is 0 Å². The molecule has 0 spiro atoms. The molecular formula is C50H35N3. The molecule has 0 saturated carbocycles. The van der Waals surface area contributed by atoms with E-state index in [-0.39, 0.29) is 5.41 Å². The molecule has 3 nitrogen and oxygen atoms in total. The summed E-state index contributed by atoms with van der Waals surface area (Å²) in [6, 6.07) is 58.7. The molecule has 9 aromatic rings. The van der Waals surface area contributed by atoms with Crippen LogP contribution < -0.4 is 0 Å². The molecule has 0 atom stereocenters. The van der Waals surface area contributed by atoms with E-state index in [4.69, 9.17) is 9.97 Å². The summed E-state index contributed by atoms with van der Waals surface area (Å²) in [5.41, 5.74) is 14.8. The van der Waals surface area contributed by atoms with E-state index < -0.39 is 0 Å². The molecule has 0 unspecified atom stereocenters. The van der Waals surface area contributed by atoms with Crippen LogP contribution in [0.3, 0.4) is 0 Å². The average Bonchev–Trinajstić information content (AvgIpc) is 3.44. The smallest absolute Gasteiger partial charge is 0.161 e. The Morgan fingerprint density at radius 1 is 0.396 bits per heavy atom. The molecule has 0 aliphatic heterocycles. The molecule has 1 aliphatic carbocycles. The Bertz CT molecular complexity index is 2840. The molecule has 10 rings (SSSR count). The number of benzene rings is 7. The van der Waals surface area contributed by atoms with E-state index >= 15 is 0 Å². The van der Waals surface area contributed by atoms with Gasteiger partial charge >= 0.3 is 0 Å². The first-order valence-corrected chi connectivity index (χ1v) is 18.2. The van der Waals surface area contributed by atoms with Crippen LogP contribution in [-0.4, -0.2) is 15.0 Å². The minimum atomic E-state index is -0.112. The highest BCUT2D eigenvalue weighted by Gasteiger charge is 2.36. The van der Waals surface area contributed by atoms with Gasteiger partial charge in [0.25, 0.3) is 0 Å². The van der Waals surface area contributed by atoms with E-state index in [1.165, 1.54) is 49.5 Å². The van der Waals surface area contributed by atoms with Crippen LogP contribution in [0, 0.1) is 0 Å². The lowest BCUT2D eigenvalue weighted by Gasteiger charge is -2.22.